The van der Waals surface area contributed by atoms with Gasteiger partial charge < -0.3 is 9.64 Å². The van der Waals surface area contributed by atoms with Crippen molar-refractivity contribution >= 4 is 17.6 Å². The summed E-state index contributed by atoms with van der Waals surface area (Å²) < 4.78 is 19.8. The van der Waals surface area contributed by atoms with E-state index in [-0.39, 0.29) is 5.82 Å². The Morgan fingerprint density at radius 2 is 1.96 bits per heavy atom. The second-order valence-electron chi connectivity index (χ2n) is 5.56. The fourth-order valence-electron chi connectivity index (χ4n) is 2.80. The number of rotatable bonds is 5. The minimum atomic E-state index is -0.186. The summed E-state index contributed by atoms with van der Waals surface area (Å²) in [5.41, 5.74) is 2.18. The highest BCUT2D eigenvalue weighted by Gasteiger charge is 2.15. The zero-order valence-corrected chi connectivity index (χ0v) is 13.3. The highest BCUT2D eigenvalue weighted by atomic mass is 19.1. The third-order valence-electron chi connectivity index (χ3n) is 3.94. The summed E-state index contributed by atoms with van der Waals surface area (Å²) in [6.45, 7) is 4.40. The minimum absolute atomic E-state index is 0.186. The maximum atomic E-state index is 14.3. The van der Waals surface area contributed by atoms with Crippen molar-refractivity contribution in [2.45, 2.75) is 19.8 Å². The fraction of sp³-hybridized carbons (Fsp3) is 0.316. The molecular formula is C19H21FN2O. The van der Waals surface area contributed by atoms with Crippen molar-refractivity contribution in [2.24, 2.45) is 4.99 Å². The maximum absolute atomic E-state index is 14.3. The molecule has 0 aromatic heterocycles. The second-order valence-corrected chi connectivity index (χ2v) is 5.56. The molecule has 1 heterocycles. The normalized spacial score (nSPS) is 14.6. The van der Waals surface area contributed by atoms with Crippen molar-refractivity contribution in [2.75, 3.05) is 24.6 Å². The Balaban J connectivity index is 1.79. The zero-order chi connectivity index (χ0) is 16.1. The molecule has 4 heteroatoms. The van der Waals surface area contributed by atoms with E-state index in [9.17, 15) is 4.39 Å². The van der Waals surface area contributed by atoms with Crippen LogP contribution in [-0.2, 0) is 0 Å². The molecular weight excluding hydrogens is 291 g/mol. The average Bonchev–Trinajstić information content (AvgIpc) is 3.08. The van der Waals surface area contributed by atoms with Crippen LogP contribution in [0.4, 0.5) is 15.8 Å². The molecule has 0 aliphatic carbocycles. The number of anilines is 1. The van der Waals surface area contributed by atoms with Crippen molar-refractivity contribution in [3.63, 3.8) is 0 Å². The SMILES string of the molecule is CCOc1ccccc1N=Cc1ccc(N2CCCC2)c(F)c1. The first kappa shape index (κ1) is 15.5. The van der Waals surface area contributed by atoms with Gasteiger partial charge in [0.05, 0.1) is 12.3 Å². The molecule has 3 nitrogen and oxygen atoms in total. The van der Waals surface area contributed by atoms with E-state index in [0.29, 0.717) is 12.3 Å². The zero-order valence-electron chi connectivity index (χ0n) is 13.3. The van der Waals surface area contributed by atoms with Crippen molar-refractivity contribution in [3.8, 4) is 5.75 Å². The molecule has 120 valence electrons. The Morgan fingerprint density at radius 1 is 1.17 bits per heavy atom. The van der Waals surface area contributed by atoms with Crippen LogP contribution in [0.5, 0.6) is 5.75 Å². The van der Waals surface area contributed by atoms with E-state index in [2.05, 4.69) is 9.89 Å². The van der Waals surface area contributed by atoms with Crippen LogP contribution in [-0.4, -0.2) is 25.9 Å². The van der Waals surface area contributed by atoms with Gasteiger partial charge in [-0.1, -0.05) is 18.2 Å². The molecule has 2 aromatic rings. The quantitative estimate of drug-likeness (QED) is 0.755. The van der Waals surface area contributed by atoms with E-state index < -0.39 is 0 Å². The van der Waals surface area contributed by atoms with Gasteiger partial charge in [-0.05, 0) is 49.6 Å². The number of nitrogens with zero attached hydrogens (tertiary/aromatic N) is 2. The summed E-state index contributed by atoms with van der Waals surface area (Å²) in [6, 6.07) is 12.9. The fourth-order valence-corrected chi connectivity index (χ4v) is 2.80. The van der Waals surface area contributed by atoms with Gasteiger partial charge in [0.25, 0.3) is 0 Å². The van der Waals surface area contributed by atoms with Crippen molar-refractivity contribution in [1.29, 1.82) is 0 Å². The molecule has 1 fully saturated rings. The summed E-state index contributed by atoms with van der Waals surface area (Å²) in [6.07, 6.45) is 3.95. The lowest BCUT2D eigenvalue weighted by Gasteiger charge is -2.18. The number of ether oxygens (including phenoxy) is 1. The van der Waals surface area contributed by atoms with Crippen LogP contribution in [0.1, 0.15) is 25.3 Å². The largest absolute Gasteiger partial charge is 0.492 e. The lowest BCUT2D eigenvalue weighted by molar-refractivity contribution is 0.341. The molecule has 0 spiro atoms. The second kappa shape index (κ2) is 7.27. The van der Waals surface area contributed by atoms with Gasteiger partial charge in [0.15, 0.2) is 0 Å². The standard InChI is InChI=1S/C19H21FN2O/c1-2-23-19-8-4-3-7-17(19)21-14-15-9-10-18(16(20)13-15)22-11-5-6-12-22/h3-4,7-10,13-14H,2,5-6,11-12H2,1H3. The summed E-state index contributed by atoms with van der Waals surface area (Å²) in [5.74, 6) is 0.550. The molecule has 3 rings (SSSR count). The topological polar surface area (TPSA) is 24.8 Å². The third kappa shape index (κ3) is 3.70. The van der Waals surface area contributed by atoms with Gasteiger partial charge in [-0.25, -0.2) is 4.39 Å². The van der Waals surface area contributed by atoms with Gasteiger partial charge >= 0.3 is 0 Å². The van der Waals surface area contributed by atoms with Gasteiger partial charge in [0, 0.05) is 19.3 Å². The summed E-state index contributed by atoms with van der Waals surface area (Å²) in [5, 5.41) is 0. The number of benzene rings is 2. The lowest BCUT2D eigenvalue weighted by atomic mass is 10.2. The number of hydrogen-bond acceptors (Lipinski definition) is 3. The Kier molecular flexibility index (Phi) is 4.91. The predicted molar refractivity (Wildman–Crippen MR) is 92.7 cm³/mol. The molecule has 23 heavy (non-hydrogen) atoms. The highest BCUT2D eigenvalue weighted by molar-refractivity contribution is 5.83. The van der Waals surface area contributed by atoms with Crippen LogP contribution in [0.15, 0.2) is 47.5 Å². The minimum Gasteiger partial charge on any atom is -0.492 e. The van der Waals surface area contributed by atoms with Crippen LogP contribution >= 0.6 is 0 Å². The molecule has 2 aromatic carbocycles. The molecule has 0 unspecified atom stereocenters. The van der Waals surface area contributed by atoms with Gasteiger partial charge in [0.2, 0.25) is 0 Å². The molecule has 0 N–H and O–H groups in total. The summed E-state index contributed by atoms with van der Waals surface area (Å²) >= 11 is 0. The van der Waals surface area contributed by atoms with E-state index in [1.807, 2.05) is 43.3 Å². The Hall–Kier alpha value is -2.36. The van der Waals surface area contributed by atoms with E-state index >= 15 is 0 Å². The number of hydrogen-bond donors (Lipinski definition) is 0. The third-order valence-corrected chi connectivity index (χ3v) is 3.94. The molecule has 0 bridgehead atoms. The molecule has 1 aliphatic heterocycles. The summed E-state index contributed by atoms with van der Waals surface area (Å²) in [7, 11) is 0. The molecule has 0 saturated carbocycles. The molecule has 0 amide bonds. The van der Waals surface area contributed by atoms with Crippen LogP contribution in [0.2, 0.25) is 0 Å². The van der Waals surface area contributed by atoms with Crippen molar-refractivity contribution in [3.05, 3.63) is 53.8 Å². The van der Waals surface area contributed by atoms with Crippen LogP contribution < -0.4 is 9.64 Å². The smallest absolute Gasteiger partial charge is 0.147 e. The monoisotopic (exact) mass is 312 g/mol. The number of para-hydroxylation sites is 2. The van der Waals surface area contributed by atoms with E-state index in [1.165, 1.54) is 0 Å². The molecule has 1 aliphatic rings. The van der Waals surface area contributed by atoms with E-state index in [0.717, 1.165) is 42.9 Å². The Labute approximate surface area is 136 Å². The maximum Gasteiger partial charge on any atom is 0.147 e. The Bertz CT molecular complexity index is 694. The van der Waals surface area contributed by atoms with Crippen molar-refractivity contribution in [1.82, 2.24) is 0 Å². The van der Waals surface area contributed by atoms with Gasteiger partial charge in [-0.15, -0.1) is 0 Å². The van der Waals surface area contributed by atoms with Crippen molar-refractivity contribution < 1.29 is 9.13 Å². The van der Waals surface area contributed by atoms with E-state index in [1.54, 1.807) is 12.3 Å². The first-order chi connectivity index (χ1) is 11.3. The number of halogens is 1. The van der Waals surface area contributed by atoms with Crippen LogP contribution in [0.3, 0.4) is 0 Å². The first-order valence-corrected chi connectivity index (χ1v) is 8.08. The van der Waals surface area contributed by atoms with Crippen LogP contribution in [0, 0.1) is 5.82 Å². The Morgan fingerprint density at radius 3 is 2.70 bits per heavy atom. The van der Waals surface area contributed by atoms with Gasteiger partial charge in [-0.2, -0.15) is 0 Å². The van der Waals surface area contributed by atoms with Crippen LogP contribution in [0.25, 0.3) is 0 Å². The van der Waals surface area contributed by atoms with Gasteiger partial charge in [-0.3, -0.25) is 4.99 Å². The molecule has 0 atom stereocenters. The first-order valence-electron chi connectivity index (χ1n) is 8.08. The lowest BCUT2D eigenvalue weighted by Crippen LogP contribution is -2.18. The predicted octanol–water partition coefficient (Wildman–Crippen LogP) is 4.58. The molecule has 1 saturated heterocycles. The highest BCUT2D eigenvalue weighted by Crippen LogP contribution is 2.27. The summed E-state index contributed by atoms with van der Waals surface area (Å²) in [4.78, 5) is 6.53. The number of aliphatic imine (C=N–C) groups is 1. The average molecular weight is 312 g/mol. The van der Waals surface area contributed by atoms with Gasteiger partial charge in [0.1, 0.15) is 17.3 Å². The molecule has 0 radical (unpaired) electrons. The van der Waals surface area contributed by atoms with E-state index in [4.69, 9.17) is 4.74 Å².